The Balaban J connectivity index is 1.80. The molecule has 1 amide bonds. The Bertz CT molecular complexity index is 1050. The molecule has 0 aromatic heterocycles. The molecule has 5 nitrogen and oxygen atoms in total. The van der Waals surface area contributed by atoms with E-state index in [4.69, 9.17) is 4.74 Å². The molecule has 4 rings (SSSR count). The Morgan fingerprint density at radius 3 is 2.25 bits per heavy atom. The van der Waals surface area contributed by atoms with E-state index in [1.54, 1.807) is 4.90 Å². The number of rotatable bonds is 5. The van der Waals surface area contributed by atoms with E-state index in [1.165, 1.54) is 0 Å². The largest absolute Gasteiger partial charge is 0.494 e. The van der Waals surface area contributed by atoms with Crippen LogP contribution in [0.3, 0.4) is 0 Å². The van der Waals surface area contributed by atoms with Crippen molar-refractivity contribution in [2.24, 2.45) is 5.41 Å². The Morgan fingerprint density at radius 2 is 1.66 bits per heavy atom. The molecular weight excluding hydrogens is 400 g/mol. The molecule has 5 heteroatoms. The third-order valence-corrected chi connectivity index (χ3v) is 6.36. The highest BCUT2D eigenvalue weighted by Gasteiger charge is 2.44. The van der Waals surface area contributed by atoms with Crippen LogP contribution in [-0.4, -0.2) is 32.4 Å². The number of benzene rings is 2. The Hall–Kier alpha value is -3.08. The maximum atomic E-state index is 13.5. The molecule has 2 aromatic carbocycles. The predicted molar refractivity (Wildman–Crippen MR) is 128 cm³/mol. The summed E-state index contributed by atoms with van der Waals surface area (Å²) in [5.74, 6) is 0.756. The first-order valence-corrected chi connectivity index (χ1v) is 11.3. The SMILES string of the molecule is CCOc1ccc(N2C(=O)CC(c3ccc(N(C)C)cc3)C3=C2CC(C)(C)CC3=O)cc1. The first kappa shape index (κ1) is 22.1. The predicted octanol–water partition coefficient (Wildman–Crippen LogP) is 5.32. The highest BCUT2D eigenvalue weighted by molar-refractivity contribution is 6.07. The van der Waals surface area contributed by atoms with Crippen molar-refractivity contribution < 1.29 is 14.3 Å². The molecule has 1 unspecified atom stereocenters. The average Bonchev–Trinajstić information content (AvgIpc) is 2.73. The second-order valence-electron chi connectivity index (χ2n) is 9.70. The van der Waals surface area contributed by atoms with Gasteiger partial charge in [0.25, 0.3) is 0 Å². The first-order chi connectivity index (χ1) is 15.2. The zero-order chi connectivity index (χ0) is 23.0. The number of amides is 1. The maximum Gasteiger partial charge on any atom is 0.232 e. The Kier molecular flexibility index (Phi) is 5.85. The van der Waals surface area contributed by atoms with Crippen molar-refractivity contribution in [3.63, 3.8) is 0 Å². The molecule has 0 N–H and O–H groups in total. The number of ether oxygens (including phenoxy) is 1. The smallest absolute Gasteiger partial charge is 0.232 e. The highest BCUT2D eigenvalue weighted by Crippen LogP contribution is 2.48. The van der Waals surface area contributed by atoms with Crippen LogP contribution in [0.25, 0.3) is 0 Å². The number of Topliss-reactive ketones (excluding diaryl/α,β-unsaturated/α-hetero) is 1. The van der Waals surface area contributed by atoms with Crippen LogP contribution in [0.15, 0.2) is 59.8 Å². The minimum atomic E-state index is -0.198. The molecule has 0 radical (unpaired) electrons. The quantitative estimate of drug-likeness (QED) is 0.642. The summed E-state index contributed by atoms with van der Waals surface area (Å²) < 4.78 is 5.56. The summed E-state index contributed by atoms with van der Waals surface area (Å²) in [4.78, 5) is 30.7. The van der Waals surface area contributed by atoms with Crippen molar-refractivity contribution in [1.82, 2.24) is 0 Å². The normalized spacial score (nSPS) is 20.3. The van der Waals surface area contributed by atoms with Gasteiger partial charge in [0.1, 0.15) is 5.75 Å². The minimum absolute atomic E-state index is 0.0279. The van der Waals surface area contributed by atoms with Gasteiger partial charge < -0.3 is 9.64 Å². The molecule has 2 aromatic rings. The lowest BCUT2D eigenvalue weighted by molar-refractivity contribution is -0.121. The Labute approximate surface area is 190 Å². The number of allylic oxidation sites excluding steroid dienone is 2. The summed E-state index contributed by atoms with van der Waals surface area (Å²) in [6.07, 6.45) is 1.49. The van der Waals surface area contributed by atoms with Gasteiger partial charge in [-0.25, -0.2) is 0 Å². The van der Waals surface area contributed by atoms with Crippen LogP contribution in [0, 0.1) is 5.41 Å². The van der Waals surface area contributed by atoms with Crippen molar-refractivity contribution in [2.45, 2.75) is 46.0 Å². The summed E-state index contributed by atoms with van der Waals surface area (Å²) in [7, 11) is 4.00. The van der Waals surface area contributed by atoms with Crippen molar-refractivity contribution in [3.8, 4) is 5.75 Å². The fourth-order valence-electron chi connectivity index (χ4n) is 4.86. The number of hydrogen-bond donors (Lipinski definition) is 0. The topological polar surface area (TPSA) is 49.9 Å². The molecule has 0 spiro atoms. The van der Waals surface area contributed by atoms with E-state index in [-0.39, 0.29) is 23.0 Å². The lowest BCUT2D eigenvalue weighted by atomic mass is 9.69. The molecule has 1 aliphatic carbocycles. The van der Waals surface area contributed by atoms with Crippen LogP contribution in [0.2, 0.25) is 0 Å². The molecule has 1 aliphatic heterocycles. The molecule has 168 valence electrons. The standard InChI is InChI=1S/C27H32N2O3/c1-6-32-21-13-11-20(12-14-21)29-23-16-27(2,3)17-24(30)26(23)22(15-25(29)31)18-7-9-19(10-8-18)28(4)5/h7-14,22H,6,15-17H2,1-5H3. The van der Waals surface area contributed by atoms with E-state index < -0.39 is 0 Å². The van der Waals surface area contributed by atoms with Gasteiger partial charge in [-0.15, -0.1) is 0 Å². The maximum absolute atomic E-state index is 13.5. The van der Waals surface area contributed by atoms with E-state index in [0.717, 1.165) is 34.0 Å². The van der Waals surface area contributed by atoms with Gasteiger partial charge in [-0.2, -0.15) is 0 Å². The molecule has 2 aliphatic rings. The number of anilines is 2. The van der Waals surface area contributed by atoms with Gasteiger partial charge in [-0.05, 0) is 60.7 Å². The van der Waals surface area contributed by atoms with Gasteiger partial charge in [0.05, 0.1) is 6.61 Å². The van der Waals surface area contributed by atoms with Crippen molar-refractivity contribution in [2.75, 3.05) is 30.5 Å². The molecule has 32 heavy (non-hydrogen) atoms. The molecular formula is C27H32N2O3. The van der Waals surface area contributed by atoms with Crippen LogP contribution in [0.1, 0.15) is 51.5 Å². The van der Waals surface area contributed by atoms with E-state index in [1.807, 2.05) is 50.2 Å². The zero-order valence-electron chi connectivity index (χ0n) is 19.6. The van der Waals surface area contributed by atoms with Crippen LogP contribution in [-0.2, 0) is 9.59 Å². The van der Waals surface area contributed by atoms with Gasteiger partial charge in [-0.1, -0.05) is 26.0 Å². The molecule has 1 atom stereocenters. The van der Waals surface area contributed by atoms with Gasteiger partial charge in [-0.3, -0.25) is 14.5 Å². The number of nitrogens with zero attached hydrogens (tertiary/aromatic N) is 2. The van der Waals surface area contributed by atoms with Crippen molar-refractivity contribution in [1.29, 1.82) is 0 Å². The second-order valence-corrected chi connectivity index (χ2v) is 9.70. The van der Waals surface area contributed by atoms with E-state index in [9.17, 15) is 9.59 Å². The monoisotopic (exact) mass is 432 g/mol. The van der Waals surface area contributed by atoms with E-state index in [0.29, 0.717) is 25.9 Å². The van der Waals surface area contributed by atoms with Crippen LogP contribution in [0.4, 0.5) is 11.4 Å². The lowest BCUT2D eigenvalue weighted by Gasteiger charge is -2.43. The number of hydrogen-bond acceptors (Lipinski definition) is 4. The van der Waals surface area contributed by atoms with Crippen LogP contribution >= 0.6 is 0 Å². The highest BCUT2D eigenvalue weighted by atomic mass is 16.5. The van der Waals surface area contributed by atoms with Gasteiger partial charge in [0.15, 0.2) is 5.78 Å². The number of ketones is 1. The van der Waals surface area contributed by atoms with Gasteiger partial charge >= 0.3 is 0 Å². The summed E-state index contributed by atoms with van der Waals surface area (Å²) >= 11 is 0. The third-order valence-electron chi connectivity index (χ3n) is 6.36. The molecule has 0 saturated carbocycles. The minimum Gasteiger partial charge on any atom is -0.494 e. The second kappa shape index (κ2) is 8.45. The Morgan fingerprint density at radius 1 is 1.00 bits per heavy atom. The van der Waals surface area contributed by atoms with Gasteiger partial charge in [0, 0.05) is 55.5 Å². The molecule has 0 fully saturated rings. The number of carbonyl (C=O) groups is 2. The summed E-state index contributed by atoms with van der Waals surface area (Å²) in [5.41, 5.74) is 4.38. The molecule has 0 saturated heterocycles. The zero-order valence-corrected chi connectivity index (χ0v) is 19.6. The van der Waals surface area contributed by atoms with Gasteiger partial charge in [0.2, 0.25) is 5.91 Å². The summed E-state index contributed by atoms with van der Waals surface area (Å²) in [6.45, 7) is 6.74. The lowest BCUT2D eigenvalue weighted by Crippen LogP contribution is -2.43. The fraction of sp³-hybridized carbons (Fsp3) is 0.407. The summed E-state index contributed by atoms with van der Waals surface area (Å²) in [6, 6.07) is 15.8. The molecule has 1 heterocycles. The average molecular weight is 433 g/mol. The van der Waals surface area contributed by atoms with Crippen LogP contribution < -0.4 is 14.5 Å². The van der Waals surface area contributed by atoms with E-state index >= 15 is 0 Å². The van der Waals surface area contributed by atoms with Crippen molar-refractivity contribution >= 4 is 23.1 Å². The first-order valence-electron chi connectivity index (χ1n) is 11.3. The molecule has 0 bridgehead atoms. The number of carbonyl (C=O) groups excluding carboxylic acids is 2. The summed E-state index contributed by atoms with van der Waals surface area (Å²) in [5, 5.41) is 0. The van der Waals surface area contributed by atoms with Crippen LogP contribution in [0.5, 0.6) is 5.75 Å². The van der Waals surface area contributed by atoms with Crippen molar-refractivity contribution in [3.05, 3.63) is 65.4 Å². The third kappa shape index (κ3) is 4.16. The van der Waals surface area contributed by atoms with E-state index in [2.05, 4.69) is 38.1 Å². The fourth-order valence-corrected chi connectivity index (χ4v) is 4.86.